The second-order valence-corrected chi connectivity index (χ2v) is 5.92. The third-order valence-corrected chi connectivity index (χ3v) is 4.20. The first kappa shape index (κ1) is 16.7. The molecule has 0 aliphatic rings. The number of hydrogen-bond donors (Lipinski definition) is 3. The fraction of sp³-hybridized carbons (Fsp3) is 0.118. The highest BCUT2D eigenvalue weighted by molar-refractivity contribution is 7.13. The Kier molecular flexibility index (Phi) is 5.10. The van der Waals surface area contributed by atoms with Gasteiger partial charge in [-0.25, -0.2) is 5.43 Å². The molecule has 1 aromatic carbocycles. The number of carbonyl (C=O) groups is 1. The summed E-state index contributed by atoms with van der Waals surface area (Å²) >= 11 is 1.55. The number of aromatic hydroxyl groups is 1. The van der Waals surface area contributed by atoms with E-state index in [1.54, 1.807) is 35.6 Å². The Morgan fingerprint density at radius 2 is 2.32 bits per heavy atom. The highest BCUT2D eigenvalue weighted by Crippen LogP contribution is 2.28. The second-order valence-electron chi connectivity index (χ2n) is 4.97. The van der Waals surface area contributed by atoms with Crippen LogP contribution in [0.3, 0.4) is 0 Å². The topological polar surface area (TPSA) is 99.6 Å². The van der Waals surface area contributed by atoms with E-state index in [9.17, 15) is 9.90 Å². The third kappa shape index (κ3) is 3.86. The van der Waals surface area contributed by atoms with Crippen LogP contribution in [0.25, 0.3) is 10.6 Å². The van der Waals surface area contributed by atoms with E-state index in [4.69, 9.17) is 4.74 Å². The fourth-order valence-electron chi connectivity index (χ4n) is 2.13. The number of ether oxygens (including phenoxy) is 1. The number of phenolic OH excluding ortho intramolecular Hbond substituents is 1. The molecule has 128 valence electrons. The molecule has 0 spiro atoms. The molecular formula is C17H16N4O3S. The van der Waals surface area contributed by atoms with Crippen molar-refractivity contribution in [3.8, 4) is 22.1 Å². The molecular weight excluding hydrogens is 340 g/mol. The van der Waals surface area contributed by atoms with Gasteiger partial charge in [0.15, 0.2) is 17.2 Å². The Bertz CT molecular complexity index is 887. The maximum atomic E-state index is 12.1. The molecule has 0 saturated heterocycles. The zero-order valence-corrected chi connectivity index (χ0v) is 14.2. The summed E-state index contributed by atoms with van der Waals surface area (Å²) in [4.78, 5) is 13.1. The molecule has 0 fully saturated rings. The number of amides is 1. The molecule has 0 atom stereocenters. The van der Waals surface area contributed by atoms with Crippen LogP contribution in [0.15, 0.2) is 46.9 Å². The lowest BCUT2D eigenvalue weighted by Crippen LogP contribution is -2.18. The number of nitrogens with zero attached hydrogens (tertiary/aromatic N) is 2. The molecule has 3 N–H and O–H groups in total. The Morgan fingerprint density at radius 3 is 3.08 bits per heavy atom. The zero-order valence-electron chi connectivity index (χ0n) is 13.4. The van der Waals surface area contributed by atoms with Crippen LogP contribution in [0.2, 0.25) is 0 Å². The zero-order chi connectivity index (χ0) is 17.6. The van der Waals surface area contributed by atoms with Gasteiger partial charge < -0.3 is 9.84 Å². The van der Waals surface area contributed by atoms with Crippen molar-refractivity contribution in [3.05, 3.63) is 53.0 Å². The average molecular weight is 356 g/mol. The number of nitrogens with one attached hydrogen (secondary N) is 2. The Hall–Kier alpha value is -3.13. The van der Waals surface area contributed by atoms with Crippen LogP contribution in [0, 0.1) is 0 Å². The van der Waals surface area contributed by atoms with Crippen molar-refractivity contribution in [2.45, 2.75) is 6.92 Å². The van der Waals surface area contributed by atoms with Crippen LogP contribution in [0.1, 0.15) is 23.0 Å². The molecule has 2 aromatic heterocycles. The van der Waals surface area contributed by atoms with Crippen LogP contribution in [-0.2, 0) is 0 Å². The van der Waals surface area contributed by atoms with E-state index in [1.165, 1.54) is 6.21 Å². The van der Waals surface area contributed by atoms with E-state index in [0.29, 0.717) is 17.9 Å². The van der Waals surface area contributed by atoms with Gasteiger partial charge in [0.25, 0.3) is 5.91 Å². The van der Waals surface area contributed by atoms with Crippen molar-refractivity contribution in [2.75, 3.05) is 6.61 Å². The normalized spacial score (nSPS) is 10.9. The molecule has 0 saturated carbocycles. The first-order valence-electron chi connectivity index (χ1n) is 7.56. The van der Waals surface area contributed by atoms with Crippen molar-refractivity contribution < 1.29 is 14.6 Å². The van der Waals surface area contributed by atoms with Crippen LogP contribution in [0.5, 0.6) is 11.5 Å². The van der Waals surface area contributed by atoms with Gasteiger partial charge in [-0.2, -0.15) is 10.2 Å². The highest BCUT2D eigenvalue weighted by Gasteiger charge is 2.11. The monoisotopic (exact) mass is 356 g/mol. The first-order valence-corrected chi connectivity index (χ1v) is 8.44. The number of hydrazone groups is 1. The van der Waals surface area contributed by atoms with E-state index >= 15 is 0 Å². The SMILES string of the molecule is CCOc1cccc(/C=N\NC(=O)c2cc(-c3cccs3)[nH]n2)c1O. The number of benzene rings is 1. The predicted molar refractivity (Wildman–Crippen MR) is 96.2 cm³/mol. The lowest BCUT2D eigenvalue weighted by molar-refractivity contribution is 0.0950. The summed E-state index contributed by atoms with van der Waals surface area (Å²) in [6.07, 6.45) is 1.35. The summed E-state index contributed by atoms with van der Waals surface area (Å²) in [5.74, 6) is -0.108. The van der Waals surface area contributed by atoms with E-state index in [2.05, 4.69) is 20.7 Å². The number of para-hydroxylation sites is 1. The molecule has 25 heavy (non-hydrogen) atoms. The Morgan fingerprint density at radius 1 is 1.44 bits per heavy atom. The smallest absolute Gasteiger partial charge is 0.291 e. The molecule has 0 aliphatic carbocycles. The number of H-pyrrole nitrogens is 1. The minimum Gasteiger partial charge on any atom is -0.504 e. The lowest BCUT2D eigenvalue weighted by Gasteiger charge is -2.06. The molecule has 1 amide bonds. The maximum Gasteiger partial charge on any atom is 0.291 e. The second kappa shape index (κ2) is 7.63. The molecule has 2 heterocycles. The maximum absolute atomic E-state index is 12.1. The Labute approximate surface area is 148 Å². The molecule has 0 aliphatic heterocycles. The number of hydrogen-bond acceptors (Lipinski definition) is 6. The summed E-state index contributed by atoms with van der Waals surface area (Å²) in [5.41, 5.74) is 3.82. The molecule has 0 bridgehead atoms. The van der Waals surface area contributed by atoms with Gasteiger partial charge in [0.05, 0.1) is 23.4 Å². The molecule has 3 rings (SSSR count). The summed E-state index contributed by atoms with van der Waals surface area (Å²) in [6, 6.07) is 10.6. The number of carbonyl (C=O) groups excluding carboxylic acids is 1. The van der Waals surface area contributed by atoms with Crippen LogP contribution >= 0.6 is 11.3 Å². The van der Waals surface area contributed by atoms with Gasteiger partial charge in [-0.05, 0) is 36.6 Å². The van der Waals surface area contributed by atoms with Gasteiger partial charge in [-0.3, -0.25) is 9.89 Å². The van der Waals surface area contributed by atoms with Gasteiger partial charge in [-0.15, -0.1) is 11.3 Å². The minimum absolute atomic E-state index is 0.0258. The number of thiophene rings is 1. The first-order chi connectivity index (χ1) is 12.2. The van der Waals surface area contributed by atoms with Crippen molar-refractivity contribution in [1.29, 1.82) is 0 Å². The summed E-state index contributed by atoms with van der Waals surface area (Å²) in [5, 5.41) is 22.7. The van der Waals surface area contributed by atoms with E-state index in [1.807, 2.05) is 24.4 Å². The van der Waals surface area contributed by atoms with E-state index in [-0.39, 0.29) is 11.4 Å². The average Bonchev–Trinajstić information content (AvgIpc) is 3.29. The standard InChI is InChI=1S/C17H16N4O3S/c1-2-24-14-6-3-5-11(16(14)22)10-18-21-17(23)13-9-12(19-20-13)15-7-4-8-25-15/h3-10,22H,2H2,1H3,(H,19,20)(H,21,23)/b18-10-. The van der Waals surface area contributed by atoms with Crippen molar-refractivity contribution in [3.63, 3.8) is 0 Å². The van der Waals surface area contributed by atoms with Gasteiger partial charge in [0.1, 0.15) is 0 Å². The van der Waals surface area contributed by atoms with Crippen molar-refractivity contribution >= 4 is 23.5 Å². The third-order valence-electron chi connectivity index (χ3n) is 3.30. The number of aromatic amines is 1. The molecule has 8 heteroatoms. The number of phenols is 1. The van der Waals surface area contributed by atoms with Gasteiger partial charge in [0.2, 0.25) is 0 Å². The molecule has 7 nitrogen and oxygen atoms in total. The van der Waals surface area contributed by atoms with Crippen molar-refractivity contribution in [1.82, 2.24) is 15.6 Å². The highest BCUT2D eigenvalue weighted by atomic mass is 32.1. The predicted octanol–water partition coefficient (Wildman–Crippen LogP) is 3.01. The van der Waals surface area contributed by atoms with Crippen LogP contribution in [-0.4, -0.2) is 34.0 Å². The van der Waals surface area contributed by atoms with Gasteiger partial charge in [0, 0.05) is 5.56 Å². The summed E-state index contributed by atoms with van der Waals surface area (Å²) in [6.45, 7) is 2.27. The minimum atomic E-state index is -0.448. The van der Waals surface area contributed by atoms with E-state index < -0.39 is 5.91 Å². The fourth-order valence-corrected chi connectivity index (χ4v) is 2.82. The molecule has 0 radical (unpaired) electrons. The Balaban J connectivity index is 1.66. The molecule has 0 unspecified atom stereocenters. The van der Waals surface area contributed by atoms with Crippen LogP contribution < -0.4 is 10.2 Å². The summed E-state index contributed by atoms with van der Waals surface area (Å²) < 4.78 is 5.30. The molecule has 3 aromatic rings. The van der Waals surface area contributed by atoms with Gasteiger partial charge >= 0.3 is 0 Å². The number of rotatable bonds is 6. The van der Waals surface area contributed by atoms with Gasteiger partial charge in [-0.1, -0.05) is 12.1 Å². The van der Waals surface area contributed by atoms with Crippen molar-refractivity contribution in [2.24, 2.45) is 5.10 Å². The quantitative estimate of drug-likeness (QED) is 0.467. The van der Waals surface area contributed by atoms with E-state index in [0.717, 1.165) is 10.6 Å². The van der Waals surface area contributed by atoms with Crippen LogP contribution in [0.4, 0.5) is 0 Å². The summed E-state index contributed by atoms with van der Waals surface area (Å²) in [7, 11) is 0. The lowest BCUT2D eigenvalue weighted by atomic mass is 10.2. The largest absolute Gasteiger partial charge is 0.504 e. The number of aromatic nitrogens is 2.